The summed E-state index contributed by atoms with van der Waals surface area (Å²) in [7, 11) is 1.15. The van der Waals surface area contributed by atoms with Crippen LogP contribution in [0.3, 0.4) is 0 Å². The maximum absolute atomic E-state index is 14.8. The number of carbonyl (C=O) groups is 2. The van der Waals surface area contributed by atoms with E-state index in [1.54, 1.807) is 39.2 Å². The summed E-state index contributed by atoms with van der Waals surface area (Å²) in [5.74, 6) is -1.84. The second-order valence-corrected chi connectivity index (χ2v) is 11.3. The molecule has 1 aromatic heterocycles. The Balaban J connectivity index is 1.69. The van der Waals surface area contributed by atoms with Gasteiger partial charge in [-0.15, -0.1) is 0 Å². The van der Waals surface area contributed by atoms with E-state index in [-0.39, 0.29) is 17.0 Å². The molecule has 0 aliphatic carbocycles. The first kappa shape index (κ1) is 31.6. The average Bonchev–Trinajstić information content (AvgIpc) is 3.41. The summed E-state index contributed by atoms with van der Waals surface area (Å²) in [4.78, 5) is 28.1. The molecule has 0 unspecified atom stereocenters. The minimum absolute atomic E-state index is 0.194. The van der Waals surface area contributed by atoms with Crippen molar-refractivity contribution in [1.29, 1.82) is 5.26 Å². The molecule has 1 aromatic carbocycles. The molecule has 0 saturated heterocycles. The molecule has 2 heterocycles. The van der Waals surface area contributed by atoms with Crippen LogP contribution in [0.1, 0.15) is 74.0 Å². The Hall–Kier alpha value is -3.98. The molecule has 0 saturated carbocycles. The molecular weight excluding hydrogens is 549 g/mol. The summed E-state index contributed by atoms with van der Waals surface area (Å²) >= 11 is 1.24. The van der Waals surface area contributed by atoms with Gasteiger partial charge in [-0.05, 0) is 24.5 Å². The van der Waals surface area contributed by atoms with Gasteiger partial charge < -0.3 is 0 Å². The monoisotopic (exact) mass is 582 g/mol. The molecule has 0 spiro atoms. The Morgan fingerprint density at radius 2 is 1.98 bits per heavy atom. The standard InChI is InChI=1S/C29H33BF2N4O4S/c1-6-8-18(7-2)20-15-22(32)23(16-21(20)31)34-26(37)25-10-9-24(41-25)19-11-13-36(14-12-19)27(30-39-17-33)35-28(38)40-29(3,4)5/h8-11,15-16H,6-7,12-14H2,1-5H3,(H,34,37)(H,35,38)/b18-8+. The minimum atomic E-state index is -0.707. The number of amides is 2. The van der Waals surface area contributed by atoms with Gasteiger partial charge in [-0.25, -0.2) is 8.78 Å². The van der Waals surface area contributed by atoms with E-state index in [2.05, 4.69) is 10.6 Å². The molecule has 1 aliphatic heterocycles. The average molecular weight is 582 g/mol. The van der Waals surface area contributed by atoms with E-state index in [9.17, 15) is 18.4 Å². The van der Waals surface area contributed by atoms with Gasteiger partial charge in [0.25, 0.3) is 0 Å². The first-order chi connectivity index (χ1) is 19.4. The number of alkyl carbamates (subject to hydrolysis) is 1. The number of carbonyl (C=O) groups excluding carboxylic acids is 2. The number of hydrogen-bond acceptors (Lipinski definition) is 7. The topological polar surface area (TPSA) is 104 Å². The Labute approximate surface area is 243 Å². The van der Waals surface area contributed by atoms with E-state index >= 15 is 0 Å². The molecule has 2 aromatic rings. The number of nitrogens with zero attached hydrogens (tertiary/aromatic N) is 2. The fraction of sp³-hybridized carbons (Fsp3) is 0.379. The number of allylic oxidation sites excluding steroid dienone is 2. The van der Waals surface area contributed by atoms with Crippen molar-refractivity contribution >= 4 is 53.0 Å². The fourth-order valence-corrected chi connectivity index (χ4v) is 5.15. The Morgan fingerprint density at radius 3 is 2.59 bits per heavy atom. The van der Waals surface area contributed by atoms with Crippen molar-refractivity contribution in [3.63, 3.8) is 0 Å². The second-order valence-electron chi connectivity index (χ2n) is 10.2. The zero-order valence-electron chi connectivity index (χ0n) is 23.8. The van der Waals surface area contributed by atoms with Crippen LogP contribution in [-0.4, -0.2) is 48.4 Å². The van der Waals surface area contributed by atoms with Gasteiger partial charge >= 0.3 is 179 Å². The predicted octanol–water partition coefficient (Wildman–Crippen LogP) is 6.30. The summed E-state index contributed by atoms with van der Waals surface area (Å²) in [6.45, 7) is 9.92. The van der Waals surface area contributed by atoms with Crippen LogP contribution in [0.5, 0.6) is 0 Å². The van der Waals surface area contributed by atoms with Crippen molar-refractivity contribution in [1.82, 2.24) is 10.2 Å². The molecule has 0 radical (unpaired) electrons. The van der Waals surface area contributed by atoms with Gasteiger partial charge in [-0.3, -0.25) is 0 Å². The van der Waals surface area contributed by atoms with Crippen molar-refractivity contribution in [2.75, 3.05) is 18.4 Å². The van der Waals surface area contributed by atoms with Crippen LogP contribution in [0, 0.1) is 23.2 Å². The molecule has 12 heteroatoms. The number of nitrogens with one attached hydrogen (secondary N) is 2. The molecule has 2 N–H and O–H groups in total. The molecule has 3 rings (SSSR count). The number of halogens is 2. The number of anilines is 1. The summed E-state index contributed by atoms with van der Waals surface area (Å²) < 4.78 is 39.6. The van der Waals surface area contributed by atoms with Crippen LogP contribution in [0.2, 0.25) is 0 Å². The zero-order valence-corrected chi connectivity index (χ0v) is 24.6. The molecule has 1 aliphatic rings. The third-order valence-corrected chi connectivity index (χ3v) is 7.19. The van der Waals surface area contributed by atoms with Crippen molar-refractivity contribution in [3.8, 4) is 6.26 Å². The second kappa shape index (κ2) is 14.1. The van der Waals surface area contributed by atoms with Crippen LogP contribution in [0.25, 0.3) is 11.1 Å². The zero-order chi connectivity index (χ0) is 30.2. The van der Waals surface area contributed by atoms with Crippen molar-refractivity contribution in [3.05, 3.63) is 63.4 Å². The predicted molar refractivity (Wildman–Crippen MR) is 158 cm³/mol. The van der Waals surface area contributed by atoms with Crippen molar-refractivity contribution < 1.29 is 27.8 Å². The third kappa shape index (κ3) is 8.75. The first-order valence-corrected chi connectivity index (χ1v) is 14.1. The van der Waals surface area contributed by atoms with E-state index in [1.807, 2.05) is 30.9 Å². The molecule has 0 atom stereocenters. The van der Waals surface area contributed by atoms with Gasteiger partial charge in [0.1, 0.15) is 5.82 Å². The Bertz CT molecular complexity index is 1420. The van der Waals surface area contributed by atoms with E-state index in [1.165, 1.54) is 11.3 Å². The molecule has 2 amide bonds. The molecule has 216 valence electrons. The molecule has 41 heavy (non-hydrogen) atoms. The van der Waals surface area contributed by atoms with Crippen molar-refractivity contribution in [2.45, 2.75) is 59.5 Å². The van der Waals surface area contributed by atoms with Gasteiger partial charge in [-0.2, -0.15) is 0 Å². The van der Waals surface area contributed by atoms with Gasteiger partial charge in [0.15, 0.2) is 0 Å². The Kier molecular flexibility index (Phi) is 10.8. The number of thiophene rings is 1. The smallest absolute Gasteiger partial charge is 0.206 e. The number of nitriles is 1. The van der Waals surface area contributed by atoms with E-state index < -0.39 is 29.2 Å². The third-order valence-electron chi connectivity index (χ3n) is 6.03. The van der Waals surface area contributed by atoms with E-state index in [0.29, 0.717) is 42.8 Å². The maximum atomic E-state index is 14.8. The fourth-order valence-electron chi connectivity index (χ4n) is 4.18. The van der Waals surface area contributed by atoms with Gasteiger partial charge in [0.2, 0.25) is 0 Å². The molecule has 0 fully saturated rings. The quantitative estimate of drug-likeness (QED) is 0.266. The van der Waals surface area contributed by atoms with Crippen molar-refractivity contribution in [2.24, 2.45) is 0 Å². The summed E-state index contributed by atoms with van der Waals surface area (Å²) in [5, 5.41) is 13.9. The summed E-state index contributed by atoms with van der Waals surface area (Å²) in [5.41, 5.74) is 1.25. The SMILES string of the molecule is CC/C=C(\CC)c1cc(F)c(NC(=O)c2ccc(C3=CCN(C(=BOC#N)NC(=O)OC(C)(C)C)CC3)s2)cc1F. The van der Waals surface area contributed by atoms with Crippen LogP contribution in [0.4, 0.5) is 19.3 Å². The van der Waals surface area contributed by atoms with Crippen LogP contribution < -0.4 is 10.6 Å². The molecule has 8 nitrogen and oxygen atoms in total. The number of rotatable bonds is 9. The van der Waals surface area contributed by atoms with Gasteiger partial charge in [-0.1, -0.05) is 19.9 Å². The van der Waals surface area contributed by atoms with Crippen LogP contribution in [0.15, 0.2) is 36.4 Å². The van der Waals surface area contributed by atoms with Gasteiger partial charge in [0.05, 0.1) is 0 Å². The Morgan fingerprint density at radius 1 is 1.22 bits per heavy atom. The minimum Gasteiger partial charge on any atom is -0.206 e. The molecular formula is C29H33BF2N4O4S. The van der Waals surface area contributed by atoms with E-state index in [4.69, 9.17) is 14.7 Å². The summed E-state index contributed by atoms with van der Waals surface area (Å²) in [6.07, 6.45) is 6.52. The van der Waals surface area contributed by atoms with E-state index in [0.717, 1.165) is 29.7 Å². The van der Waals surface area contributed by atoms with Crippen LogP contribution >= 0.6 is 11.3 Å². The molecule has 0 bridgehead atoms. The van der Waals surface area contributed by atoms with Crippen LogP contribution in [-0.2, 0) is 9.39 Å². The number of hydrogen-bond donors (Lipinski definition) is 2. The number of ether oxygens (including phenoxy) is 1. The first-order valence-electron chi connectivity index (χ1n) is 13.2. The number of benzene rings is 1. The van der Waals surface area contributed by atoms with Gasteiger partial charge in [0, 0.05) is 5.56 Å². The normalized spacial score (nSPS) is 14.0. The summed E-state index contributed by atoms with van der Waals surface area (Å²) in [6, 6.07) is 5.58.